The van der Waals surface area contributed by atoms with E-state index in [1.807, 2.05) is 18.5 Å². The minimum Gasteiger partial charge on any atom is -0.362 e. The maximum atomic E-state index is 4.55. The first-order valence-electron chi connectivity index (χ1n) is 5.09. The van der Waals surface area contributed by atoms with Gasteiger partial charge in [-0.2, -0.15) is 0 Å². The molecule has 1 aliphatic heterocycles. The lowest BCUT2D eigenvalue weighted by molar-refractivity contribution is 0.764. The summed E-state index contributed by atoms with van der Waals surface area (Å²) in [5, 5.41) is 4.41. The maximum Gasteiger partial charge on any atom is 0.157 e. The van der Waals surface area contributed by atoms with Crippen LogP contribution in [-0.4, -0.2) is 21.9 Å². The van der Waals surface area contributed by atoms with Gasteiger partial charge in [0.25, 0.3) is 0 Å². The Labute approximate surface area is 94.4 Å². The lowest BCUT2D eigenvalue weighted by Crippen LogP contribution is -2.23. The van der Waals surface area contributed by atoms with Crippen LogP contribution >= 0.6 is 11.8 Å². The molecule has 0 bridgehead atoms. The quantitative estimate of drug-likeness (QED) is 0.829. The molecule has 0 radical (unpaired) electrons. The van der Waals surface area contributed by atoms with Crippen molar-refractivity contribution >= 4 is 16.9 Å². The molecule has 1 atom stereocenters. The molecule has 1 aromatic rings. The van der Waals surface area contributed by atoms with Crippen LogP contribution in [0.15, 0.2) is 23.5 Å². The Kier molecular flexibility index (Phi) is 3.26. The number of thioether (sulfide) groups is 1. The van der Waals surface area contributed by atoms with Crippen LogP contribution in [0.2, 0.25) is 0 Å². The Morgan fingerprint density at radius 3 is 3.20 bits per heavy atom. The zero-order valence-electron chi connectivity index (χ0n) is 9.03. The van der Waals surface area contributed by atoms with E-state index in [1.165, 1.54) is 11.1 Å². The number of amidine groups is 1. The van der Waals surface area contributed by atoms with Crippen LogP contribution in [0, 0.1) is 6.92 Å². The molecule has 1 aliphatic rings. The standard InChI is InChI=1S/C11H15N3S/c1-8-5-12-4-3-10(8)6-13-11-14-9(2)7-15-11/h3-5,9H,6-7H2,1-2H3,(H,13,14). The van der Waals surface area contributed by atoms with Gasteiger partial charge in [-0.05, 0) is 31.0 Å². The van der Waals surface area contributed by atoms with Crippen LogP contribution in [0.5, 0.6) is 0 Å². The van der Waals surface area contributed by atoms with Gasteiger partial charge < -0.3 is 5.32 Å². The number of hydrogen-bond acceptors (Lipinski definition) is 3. The molecule has 2 rings (SSSR count). The number of aryl methyl sites for hydroxylation is 1. The predicted octanol–water partition coefficient (Wildman–Crippen LogP) is 1.97. The number of rotatable bonds is 2. The van der Waals surface area contributed by atoms with Gasteiger partial charge in [-0.15, -0.1) is 0 Å². The minimum absolute atomic E-state index is 0.548. The van der Waals surface area contributed by atoms with E-state index in [0.717, 1.165) is 17.5 Å². The molecule has 1 N–H and O–H groups in total. The molecule has 3 nitrogen and oxygen atoms in total. The van der Waals surface area contributed by atoms with Crippen molar-refractivity contribution < 1.29 is 0 Å². The highest BCUT2D eigenvalue weighted by Crippen LogP contribution is 2.14. The summed E-state index contributed by atoms with van der Waals surface area (Å²) in [5.74, 6) is 1.12. The molecule has 1 unspecified atom stereocenters. The second-order valence-corrected chi connectivity index (χ2v) is 4.79. The minimum atomic E-state index is 0.548. The smallest absolute Gasteiger partial charge is 0.157 e. The van der Waals surface area contributed by atoms with E-state index in [4.69, 9.17) is 0 Å². The highest BCUT2D eigenvalue weighted by Gasteiger charge is 2.14. The fourth-order valence-corrected chi connectivity index (χ4v) is 2.36. The van der Waals surface area contributed by atoms with Crippen LogP contribution in [0.4, 0.5) is 0 Å². The van der Waals surface area contributed by atoms with E-state index in [-0.39, 0.29) is 0 Å². The number of nitrogens with zero attached hydrogens (tertiary/aromatic N) is 2. The number of hydrogen-bond donors (Lipinski definition) is 1. The van der Waals surface area contributed by atoms with Gasteiger partial charge in [0, 0.05) is 24.2 Å². The molecule has 1 aromatic heterocycles. The van der Waals surface area contributed by atoms with Crippen molar-refractivity contribution in [3.8, 4) is 0 Å². The van der Waals surface area contributed by atoms with Crippen LogP contribution in [-0.2, 0) is 6.54 Å². The first-order chi connectivity index (χ1) is 7.25. The maximum absolute atomic E-state index is 4.55. The predicted molar refractivity (Wildman–Crippen MR) is 65.2 cm³/mol. The number of pyridine rings is 1. The molecule has 0 spiro atoms. The molecule has 15 heavy (non-hydrogen) atoms. The third-order valence-electron chi connectivity index (χ3n) is 2.37. The Bertz CT molecular complexity index is 376. The summed E-state index contributed by atoms with van der Waals surface area (Å²) in [5.41, 5.74) is 2.46. The van der Waals surface area contributed by atoms with E-state index >= 15 is 0 Å². The molecule has 0 saturated carbocycles. The van der Waals surface area contributed by atoms with E-state index in [9.17, 15) is 0 Å². The summed E-state index contributed by atoms with van der Waals surface area (Å²) in [6.07, 6.45) is 3.70. The molecule has 1 fully saturated rings. The molecule has 2 heterocycles. The first kappa shape index (κ1) is 10.5. The average Bonchev–Trinajstić information content (AvgIpc) is 2.63. The normalized spacial score (nSPS) is 23.1. The molecule has 80 valence electrons. The summed E-state index contributed by atoms with van der Waals surface area (Å²) in [6.45, 7) is 4.99. The van der Waals surface area contributed by atoms with Gasteiger partial charge in [-0.1, -0.05) is 11.8 Å². The van der Waals surface area contributed by atoms with E-state index in [1.54, 1.807) is 11.8 Å². The van der Waals surface area contributed by atoms with Crippen LogP contribution in [0.25, 0.3) is 0 Å². The van der Waals surface area contributed by atoms with Gasteiger partial charge in [0.15, 0.2) is 5.17 Å². The number of aliphatic imine (C=N–C) groups is 1. The molecular formula is C11H15N3S. The third-order valence-corrected chi connectivity index (χ3v) is 3.56. The SMILES string of the molecule is Cc1cnccc1CN=C1NC(C)CS1. The highest BCUT2D eigenvalue weighted by molar-refractivity contribution is 8.14. The van der Waals surface area contributed by atoms with Crippen molar-refractivity contribution in [2.24, 2.45) is 4.99 Å². The monoisotopic (exact) mass is 221 g/mol. The lowest BCUT2D eigenvalue weighted by Gasteiger charge is -2.03. The van der Waals surface area contributed by atoms with Gasteiger partial charge in [-0.3, -0.25) is 9.98 Å². The van der Waals surface area contributed by atoms with Crippen LogP contribution in [0.1, 0.15) is 18.1 Å². The summed E-state index contributed by atoms with van der Waals surface area (Å²) in [6, 6.07) is 2.58. The Balaban J connectivity index is 2.01. The first-order valence-corrected chi connectivity index (χ1v) is 6.07. The zero-order chi connectivity index (χ0) is 10.7. The lowest BCUT2D eigenvalue weighted by atomic mass is 10.2. The van der Waals surface area contributed by atoms with Gasteiger partial charge in [-0.25, -0.2) is 0 Å². The van der Waals surface area contributed by atoms with Gasteiger partial charge in [0.05, 0.1) is 6.54 Å². The van der Waals surface area contributed by atoms with E-state index < -0.39 is 0 Å². The number of nitrogens with one attached hydrogen (secondary N) is 1. The topological polar surface area (TPSA) is 37.3 Å². The van der Waals surface area contributed by atoms with E-state index in [0.29, 0.717) is 6.04 Å². The third kappa shape index (κ3) is 2.72. The van der Waals surface area contributed by atoms with Crippen LogP contribution in [0.3, 0.4) is 0 Å². The van der Waals surface area contributed by atoms with Gasteiger partial charge in [0.1, 0.15) is 0 Å². The molecular weight excluding hydrogens is 206 g/mol. The van der Waals surface area contributed by atoms with E-state index in [2.05, 4.69) is 29.1 Å². The number of aromatic nitrogens is 1. The van der Waals surface area contributed by atoms with Crippen molar-refractivity contribution in [1.29, 1.82) is 0 Å². The van der Waals surface area contributed by atoms with Crippen molar-refractivity contribution in [2.75, 3.05) is 5.75 Å². The molecule has 0 amide bonds. The zero-order valence-corrected chi connectivity index (χ0v) is 9.84. The average molecular weight is 221 g/mol. The molecule has 4 heteroatoms. The molecule has 1 saturated heterocycles. The second-order valence-electron chi connectivity index (χ2n) is 3.78. The van der Waals surface area contributed by atoms with Crippen LogP contribution < -0.4 is 5.32 Å². The van der Waals surface area contributed by atoms with Crippen molar-refractivity contribution in [1.82, 2.24) is 10.3 Å². The fraction of sp³-hybridized carbons (Fsp3) is 0.455. The Morgan fingerprint density at radius 2 is 2.53 bits per heavy atom. The summed E-state index contributed by atoms with van der Waals surface area (Å²) in [4.78, 5) is 8.61. The van der Waals surface area contributed by atoms with Gasteiger partial charge >= 0.3 is 0 Å². The van der Waals surface area contributed by atoms with Gasteiger partial charge in [0.2, 0.25) is 0 Å². The Hall–Kier alpha value is -1.03. The Morgan fingerprint density at radius 1 is 1.67 bits per heavy atom. The van der Waals surface area contributed by atoms with Crippen molar-refractivity contribution in [3.05, 3.63) is 29.6 Å². The molecule has 0 aromatic carbocycles. The van der Waals surface area contributed by atoms with Crippen molar-refractivity contribution in [3.63, 3.8) is 0 Å². The fourth-order valence-electron chi connectivity index (χ4n) is 1.43. The summed E-state index contributed by atoms with van der Waals surface area (Å²) in [7, 11) is 0. The highest BCUT2D eigenvalue weighted by atomic mass is 32.2. The molecule has 0 aliphatic carbocycles. The largest absolute Gasteiger partial charge is 0.362 e. The summed E-state index contributed by atoms with van der Waals surface area (Å²) < 4.78 is 0. The summed E-state index contributed by atoms with van der Waals surface area (Å²) >= 11 is 1.80. The van der Waals surface area contributed by atoms with Crippen molar-refractivity contribution in [2.45, 2.75) is 26.4 Å². The second kappa shape index (κ2) is 4.66.